The third kappa shape index (κ3) is 6.69. The number of likely N-dealkylation sites (tertiary alicyclic amines) is 1. The van der Waals surface area contributed by atoms with Gasteiger partial charge >= 0.3 is 0 Å². The predicted octanol–water partition coefficient (Wildman–Crippen LogP) is 4.43. The molecule has 38 heavy (non-hydrogen) atoms. The lowest BCUT2D eigenvalue weighted by atomic mass is 9.96. The minimum absolute atomic E-state index is 0.132. The van der Waals surface area contributed by atoms with Crippen LogP contribution in [-0.4, -0.2) is 84.6 Å². The second-order valence-electron chi connectivity index (χ2n) is 10.2. The fraction of sp³-hybridized carbons (Fsp3) is 0.483. The predicted molar refractivity (Wildman–Crippen MR) is 151 cm³/mol. The van der Waals surface area contributed by atoms with Gasteiger partial charge in [0.05, 0.1) is 24.3 Å². The molecule has 0 spiro atoms. The van der Waals surface area contributed by atoms with Gasteiger partial charge in [-0.25, -0.2) is 0 Å². The number of ether oxygens (including phenoxy) is 1. The molecule has 0 bridgehead atoms. The molecule has 2 unspecified atom stereocenters. The highest BCUT2D eigenvalue weighted by atomic mass is 32.2. The zero-order chi connectivity index (χ0) is 26.3. The van der Waals surface area contributed by atoms with Crippen molar-refractivity contribution in [2.24, 2.45) is 5.92 Å². The number of hydrogen-bond acceptors (Lipinski definition) is 8. The zero-order valence-corrected chi connectivity index (χ0v) is 23.1. The molecule has 2 atom stereocenters. The quantitative estimate of drug-likeness (QED) is 0.353. The van der Waals surface area contributed by atoms with E-state index in [1.54, 1.807) is 11.8 Å². The van der Waals surface area contributed by atoms with E-state index in [0.29, 0.717) is 30.0 Å². The van der Waals surface area contributed by atoms with E-state index >= 15 is 0 Å². The van der Waals surface area contributed by atoms with Crippen molar-refractivity contribution in [3.8, 4) is 17.2 Å². The molecular formula is C29H37N5O3S. The number of rotatable bonds is 10. The van der Waals surface area contributed by atoms with E-state index in [1.165, 1.54) is 0 Å². The molecular weight excluding hydrogens is 498 g/mol. The summed E-state index contributed by atoms with van der Waals surface area (Å²) in [6.45, 7) is 4.41. The van der Waals surface area contributed by atoms with Gasteiger partial charge in [-0.15, -0.1) is 22.0 Å². The van der Waals surface area contributed by atoms with Crippen LogP contribution >= 0.6 is 11.8 Å². The number of likely N-dealkylation sites (N-methyl/N-ethyl adjacent to an activating group) is 1. The number of hydrogen-bond donors (Lipinski definition) is 0. The maximum Gasteiger partial charge on any atom is 0.247 e. The Balaban J connectivity index is 1.08. The third-order valence-corrected chi connectivity index (χ3v) is 8.35. The normalized spacial score (nSPS) is 20.0. The third-order valence-electron chi connectivity index (χ3n) is 7.44. The molecule has 2 aliphatic heterocycles. The number of carbonyl (C=O) groups excluding carboxylic acids is 1. The molecule has 5 rings (SSSR count). The summed E-state index contributed by atoms with van der Waals surface area (Å²) in [7, 11) is 4.09. The lowest BCUT2D eigenvalue weighted by Crippen LogP contribution is -2.46. The Kier molecular flexibility index (Phi) is 8.86. The second kappa shape index (κ2) is 12.7. The molecule has 0 saturated carbocycles. The molecule has 1 amide bonds. The molecule has 202 valence electrons. The maximum atomic E-state index is 13.1. The van der Waals surface area contributed by atoms with Crippen molar-refractivity contribution < 1.29 is 13.9 Å². The summed E-state index contributed by atoms with van der Waals surface area (Å²) in [6.07, 6.45) is 3.10. The van der Waals surface area contributed by atoms with Gasteiger partial charge in [-0.2, -0.15) is 0 Å². The molecule has 2 saturated heterocycles. The number of para-hydroxylation sites is 1. The molecule has 8 nitrogen and oxygen atoms in total. The molecule has 0 N–H and O–H groups in total. The highest BCUT2D eigenvalue weighted by Crippen LogP contribution is 2.28. The van der Waals surface area contributed by atoms with Crippen LogP contribution < -0.4 is 9.64 Å². The second-order valence-corrected chi connectivity index (χ2v) is 11.3. The number of aromatic nitrogens is 2. The zero-order valence-electron chi connectivity index (χ0n) is 22.3. The van der Waals surface area contributed by atoms with Crippen molar-refractivity contribution in [3.63, 3.8) is 0 Å². The molecule has 2 aliphatic rings. The summed E-state index contributed by atoms with van der Waals surface area (Å²) in [6, 6.07) is 18.4. The van der Waals surface area contributed by atoms with Gasteiger partial charge in [0.2, 0.25) is 17.7 Å². The van der Waals surface area contributed by atoms with E-state index in [9.17, 15) is 4.79 Å². The van der Waals surface area contributed by atoms with Crippen molar-refractivity contribution in [3.05, 3.63) is 60.5 Å². The SMILES string of the molecule is CN1CCCC(C(=O)N(C)C2CCN(c3ccc(-c4nnc(CSCCOc5ccccc5)o4)cc3)C2)C1. The van der Waals surface area contributed by atoms with E-state index in [2.05, 4.69) is 39.2 Å². The van der Waals surface area contributed by atoms with Crippen LogP contribution in [0.3, 0.4) is 0 Å². The first-order valence-corrected chi connectivity index (χ1v) is 14.6. The summed E-state index contributed by atoms with van der Waals surface area (Å²) in [4.78, 5) is 19.7. The summed E-state index contributed by atoms with van der Waals surface area (Å²) >= 11 is 1.71. The molecule has 3 aromatic rings. The van der Waals surface area contributed by atoms with Crippen LogP contribution in [0.4, 0.5) is 5.69 Å². The molecule has 2 aromatic carbocycles. The van der Waals surface area contributed by atoms with Crippen LogP contribution in [0.15, 0.2) is 59.0 Å². The summed E-state index contributed by atoms with van der Waals surface area (Å²) < 4.78 is 11.6. The first kappa shape index (κ1) is 26.6. The number of thioether (sulfide) groups is 1. The Morgan fingerprint density at radius 2 is 1.89 bits per heavy atom. The number of anilines is 1. The van der Waals surface area contributed by atoms with Crippen LogP contribution in [-0.2, 0) is 10.5 Å². The van der Waals surface area contributed by atoms with E-state index < -0.39 is 0 Å². The van der Waals surface area contributed by atoms with Crippen LogP contribution in [0.2, 0.25) is 0 Å². The Labute approximate surface area is 229 Å². The van der Waals surface area contributed by atoms with E-state index in [0.717, 1.165) is 68.2 Å². The first-order chi connectivity index (χ1) is 18.6. The van der Waals surface area contributed by atoms with Gasteiger partial charge in [0.15, 0.2) is 0 Å². The average molecular weight is 536 g/mol. The van der Waals surface area contributed by atoms with E-state index in [4.69, 9.17) is 9.15 Å². The Morgan fingerprint density at radius 1 is 1.08 bits per heavy atom. The van der Waals surface area contributed by atoms with Gasteiger partial charge in [0.1, 0.15) is 5.75 Å². The number of amides is 1. The molecule has 1 aromatic heterocycles. The summed E-state index contributed by atoms with van der Waals surface area (Å²) in [5, 5.41) is 8.45. The molecule has 3 heterocycles. The van der Waals surface area contributed by atoms with Gasteiger partial charge in [0, 0.05) is 43.7 Å². The highest BCUT2D eigenvalue weighted by Gasteiger charge is 2.33. The van der Waals surface area contributed by atoms with E-state index in [-0.39, 0.29) is 12.0 Å². The van der Waals surface area contributed by atoms with Crippen molar-refractivity contribution >= 4 is 23.4 Å². The minimum Gasteiger partial charge on any atom is -0.493 e. The first-order valence-electron chi connectivity index (χ1n) is 13.5. The van der Waals surface area contributed by atoms with Gasteiger partial charge in [0.25, 0.3) is 0 Å². The van der Waals surface area contributed by atoms with Crippen molar-refractivity contribution in [1.29, 1.82) is 0 Å². The average Bonchev–Trinajstić information content (AvgIpc) is 3.63. The lowest BCUT2D eigenvalue weighted by Gasteiger charge is -2.34. The largest absolute Gasteiger partial charge is 0.493 e. The van der Waals surface area contributed by atoms with Crippen molar-refractivity contribution in [2.45, 2.75) is 31.1 Å². The lowest BCUT2D eigenvalue weighted by molar-refractivity contribution is -0.137. The van der Waals surface area contributed by atoms with Crippen LogP contribution in [0.1, 0.15) is 25.2 Å². The standard InChI is InChI=1S/C29H37N5O3S/c1-32-15-6-7-23(19-32)29(35)33(2)25-14-16-34(20-25)24-12-10-22(11-13-24)28-31-30-27(37-28)21-38-18-17-36-26-8-4-3-5-9-26/h3-5,8-13,23,25H,6-7,14-21H2,1-2H3. The number of benzene rings is 2. The molecule has 2 fully saturated rings. The van der Waals surface area contributed by atoms with Gasteiger partial charge in [-0.05, 0) is 69.3 Å². The molecule has 0 aliphatic carbocycles. The number of piperidine rings is 1. The summed E-state index contributed by atoms with van der Waals surface area (Å²) in [5.41, 5.74) is 2.07. The molecule has 9 heteroatoms. The Bertz CT molecular complexity index is 1170. The smallest absolute Gasteiger partial charge is 0.247 e. The maximum absolute atomic E-state index is 13.1. The van der Waals surface area contributed by atoms with Gasteiger partial charge < -0.3 is 23.9 Å². The van der Waals surface area contributed by atoms with Crippen molar-refractivity contribution in [2.75, 3.05) is 57.5 Å². The number of nitrogens with zero attached hydrogens (tertiary/aromatic N) is 5. The monoisotopic (exact) mass is 535 g/mol. The fourth-order valence-corrected chi connectivity index (χ4v) is 5.90. The highest BCUT2D eigenvalue weighted by molar-refractivity contribution is 7.98. The Hall–Kier alpha value is -3.04. The van der Waals surface area contributed by atoms with Crippen LogP contribution in [0, 0.1) is 5.92 Å². The van der Waals surface area contributed by atoms with Gasteiger partial charge in [-0.3, -0.25) is 4.79 Å². The van der Waals surface area contributed by atoms with Gasteiger partial charge in [-0.1, -0.05) is 18.2 Å². The van der Waals surface area contributed by atoms with Crippen LogP contribution in [0.5, 0.6) is 5.75 Å². The minimum atomic E-state index is 0.132. The van der Waals surface area contributed by atoms with Crippen LogP contribution in [0.25, 0.3) is 11.5 Å². The number of carbonyl (C=O) groups is 1. The molecule has 0 radical (unpaired) electrons. The fourth-order valence-electron chi connectivity index (χ4n) is 5.27. The van der Waals surface area contributed by atoms with Crippen molar-refractivity contribution in [1.82, 2.24) is 20.0 Å². The summed E-state index contributed by atoms with van der Waals surface area (Å²) in [5.74, 6) is 3.97. The Morgan fingerprint density at radius 3 is 2.68 bits per heavy atom. The topological polar surface area (TPSA) is 74.9 Å². The van der Waals surface area contributed by atoms with E-state index in [1.807, 2.05) is 54.4 Å².